The molecular formula is C20H18F3N3OS2. The lowest BCUT2D eigenvalue weighted by atomic mass is 10.2. The van der Waals surface area contributed by atoms with Crippen molar-refractivity contribution in [3.8, 4) is 11.3 Å². The number of alkyl halides is 3. The van der Waals surface area contributed by atoms with E-state index in [1.54, 1.807) is 48.2 Å². The highest BCUT2D eigenvalue weighted by molar-refractivity contribution is 7.99. The van der Waals surface area contributed by atoms with Gasteiger partial charge in [0, 0.05) is 10.6 Å². The van der Waals surface area contributed by atoms with Gasteiger partial charge in [0.2, 0.25) is 5.91 Å². The molecule has 0 bridgehead atoms. The summed E-state index contributed by atoms with van der Waals surface area (Å²) in [6.45, 7) is -1.17. The molecule has 0 aliphatic heterocycles. The van der Waals surface area contributed by atoms with Gasteiger partial charge in [-0.2, -0.15) is 13.2 Å². The van der Waals surface area contributed by atoms with Crippen LogP contribution in [-0.2, 0) is 11.3 Å². The molecule has 0 radical (unpaired) electrons. The Kier molecular flexibility index (Phi) is 6.92. The van der Waals surface area contributed by atoms with Crippen LogP contribution < -0.4 is 5.32 Å². The second kappa shape index (κ2) is 9.41. The van der Waals surface area contributed by atoms with E-state index in [4.69, 9.17) is 0 Å². The minimum absolute atomic E-state index is 0.0490. The number of carbonyl (C=O) groups excluding carboxylic acids is 1. The zero-order valence-corrected chi connectivity index (χ0v) is 17.1. The summed E-state index contributed by atoms with van der Waals surface area (Å²) in [4.78, 5) is 17.4. The molecule has 0 unspecified atom stereocenters. The number of carbonyl (C=O) groups is 1. The first-order valence-corrected chi connectivity index (χ1v) is 10.8. The second-order valence-electron chi connectivity index (χ2n) is 6.06. The molecule has 1 amide bonds. The predicted octanol–water partition coefficient (Wildman–Crippen LogP) is 5.57. The van der Waals surface area contributed by atoms with Crippen LogP contribution in [0.4, 0.5) is 18.9 Å². The van der Waals surface area contributed by atoms with Crippen molar-refractivity contribution in [1.29, 1.82) is 0 Å². The molecule has 2 aromatic carbocycles. The Morgan fingerprint density at radius 1 is 1.14 bits per heavy atom. The molecule has 29 heavy (non-hydrogen) atoms. The van der Waals surface area contributed by atoms with Gasteiger partial charge in [0.15, 0.2) is 5.16 Å². The third-order valence-corrected chi connectivity index (χ3v) is 5.63. The fraction of sp³-hybridized carbons (Fsp3) is 0.200. The van der Waals surface area contributed by atoms with Crippen LogP contribution in [0.5, 0.6) is 0 Å². The lowest BCUT2D eigenvalue weighted by Gasteiger charge is -2.14. The summed E-state index contributed by atoms with van der Waals surface area (Å²) in [7, 11) is 0. The average molecular weight is 438 g/mol. The van der Waals surface area contributed by atoms with E-state index in [1.165, 1.54) is 6.20 Å². The second-order valence-corrected chi connectivity index (χ2v) is 7.88. The van der Waals surface area contributed by atoms with Crippen molar-refractivity contribution < 1.29 is 18.0 Å². The predicted molar refractivity (Wildman–Crippen MR) is 111 cm³/mol. The quantitative estimate of drug-likeness (QED) is 0.491. The number of benzene rings is 2. The Hall–Kier alpha value is -2.39. The van der Waals surface area contributed by atoms with Crippen molar-refractivity contribution >= 4 is 35.1 Å². The standard InChI is InChI=1S/C20H18F3N3OS2/c1-28-16-9-5-8-15(10-16)25-18(27)12-29-19-24-11-17(14-6-3-2-4-7-14)26(19)13-20(21,22)23/h2-11H,12-13H2,1H3,(H,25,27). The maximum Gasteiger partial charge on any atom is 0.406 e. The third-order valence-electron chi connectivity index (χ3n) is 3.91. The minimum Gasteiger partial charge on any atom is -0.325 e. The van der Waals surface area contributed by atoms with E-state index in [9.17, 15) is 18.0 Å². The number of halogens is 3. The minimum atomic E-state index is -4.40. The summed E-state index contributed by atoms with van der Waals surface area (Å²) in [6, 6.07) is 16.1. The average Bonchev–Trinajstić information content (AvgIpc) is 3.08. The highest BCUT2D eigenvalue weighted by Gasteiger charge is 2.31. The molecule has 0 atom stereocenters. The zero-order valence-electron chi connectivity index (χ0n) is 15.4. The highest BCUT2D eigenvalue weighted by Crippen LogP contribution is 2.30. The van der Waals surface area contributed by atoms with Crippen LogP contribution in [0.25, 0.3) is 11.3 Å². The lowest BCUT2D eigenvalue weighted by molar-refractivity contribution is -0.141. The number of imidazole rings is 1. The van der Waals surface area contributed by atoms with Crippen molar-refractivity contribution in [2.24, 2.45) is 0 Å². The van der Waals surface area contributed by atoms with Crippen molar-refractivity contribution in [1.82, 2.24) is 9.55 Å². The molecule has 1 heterocycles. The van der Waals surface area contributed by atoms with Crippen LogP contribution in [0, 0.1) is 0 Å². The largest absolute Gasteiger partial charge is 0.406 e. The van der Waals surface area contributed by atoms with Gasteiger partial charge in [0.25, 0.3) is 0 Å². The van der Waals surface area contributed by atoms with Gasteiger partial charge >= 0.3 is 6.18 Å². The van der Waals surface area contributed by atoms with Crippen LogP contribution in [0.3, 0.4) is 0 Å². The van der Waals surface area contributed by atoms with Gasteiger partial charge in [0.1, 0.15) is 6.54 Å². The van der Waals surface area contributed by atoms with E-state index in [-0.39, 0.29) is 16.8 Å². The summed E-state index contributed by atoms with van der Waals surface area (Å²) in [5.74, 6) is -0.358. The molecule has 4 nitrogen and oxygen atoms in total. The molecule has 0 saturated heterocycles. The van der Waals surface area contributed by atoms with E-state index in [1.807, 2.05) is 24.5 Å². The van der Waals surface area contributed by atoms with Gasteiger partial charge in [-0.25, -0.2) is 4.98 Å². The fourth-order valence-electron chi connectivity index (χ4n) is 2.67. The van der Waals surface area contributed by atoms with Crippen LogP contribution in [0.1, 0.15) is 0 Å². The number of rotatable bonds is 7. The Bertz CT molecular complexity index is 975. The summed E-state index contributed by atoms with van der Waals surface area (Å²) >= 11 is 2.53. The first-order chi connectivity index (χ1) is 13.9. The highest BCUT2D eigenvalue weighted by atomic mass is 32.2. The van der Waals surface area contributed by atoms with Gasteiger partial charge < -0.3 is 9.88 Å². The Balaban J connectivity index is 1.74. The van der Waals surface area contributed by atoms with E-state index < -0.39 is 12.7 Å². The van der Waals surface area contributed by atoms with Crippen molar-refractivity contribution in [3.63, 3.8) is 0 Å². The summed E-state index contributed by atoms with van der Waals surface area (Å²) in [6.07, 6.45) is -1.06. The number of anilines is 1. The van der Waals surface area contributed by atoms with E-state index in [2.05, 4.69) is 10.3 Å². The summed E-state index contributed by atoms with van der Waals surface area (Å²) in [5, 5.41) is 2.91. The Morgan fingerprint density at radius 2 is 1.90 bits per heavy atom. The number of hydrogen-bond acceptors (Lipinski definition) is 4. The van der Waals surface area contributed by atoms with Crippen LogP contribution in [0.2, 0.25) is 0 Å². The number of nitrogens with one attached hydrogen (secondary N) is 1. The Morgan fingerprint density at radius 3 is 2.59 bits per heavy atom. The topological polar surface area (TPSA) is 46.9 Å². The third kappa shape index (κ3) is 6.04. The normalized spacial score (nSPS) is 11.4. The van der Waals surface area contributed by atoms with Crippen molar-refractivity contribution in [3.05, 3.63) is 60.8 Å². The van der Waals surface area contributed by atoms with Gasteiger partial charge in [-0.1, -0.05) is 48.2 Å². The van der Waals surface area contributed by atoms with E-state index >= 15 is 0 Å². The maximum atomic E-state index is 13.1. The van der Waals surface area contributed by atoms with Gasteiger partial charge in [-0.05, 0) is 30.0 Å². The molecule has 0 aliphatic rings. The lowest BCUT2D eigenvalue weighted by Crippen LogP contribution is -2.20. The molecule has 0 fully saturated rings. The summed E-state index contributed by atoms with van der Waals surface area (Å²) < 4.78 is 40.4. The van der Waals surface area contributed by atoms with E-state index in [0.717, 1.165) is 21.2 Å². The molecule has 3 rings (SSSR count). The number of aromatic nitrogens is 2. The monoisotopic (exact) mass is 437 g/mol. The van der Waals surface area contributed by atoms with Gasteiger partial charge in [0.05, 0.1) is 17.6 Å². The maximum absolute atomic E-state index is 13.1. The van der Waals surface area contributed by atoms with Crippen LogP contribution in [-0.4, -0.2) is 33.6 Å². The zero-order chi connectivity index (χ0) is 20.9. The molecule has 1 aromatic heterocycles. The van der Waals surface area contributed by atoms with Gasteiger partial charge in [-0.15, -0.1) is 11.8 Å². The smallest absolute Gasteiger partial charge is 0.325 e. The molecule has 0 aliphatic carbocycles. The number of nitrogens with zero attached hydrogens (tertiary/aromatic N) is 2. The Labute approximate surface area is 174 Å². The number of amides is 1. The number of thioether (sulfide) groups is 2. The van der Waals surface area contributed by atoms with Crippen LogP contribution in [0.15, 0.2) is 70.8 Å². The fourth-order valence-corrected chi connectivity index (χ4v) is 3.91. The van der Waals surface area contributed by atoms with Gasteiger partial charge in [-0.3, -0.25) is 4.79 Å². The number of hydrogen-bond donors (Lipinski definition) is 1. The van der Waals surface area contributed by atoms with E-state index in [0.29, 0.717) is 16.9 Å². The summed E-state index contributed by atoms with van der Waals surface area (Å²) in [5.41, 5.74) is 1.64. The first kappa shape index (κ1) is 21.3. The molecular weight excluding hydrogens is 419 g/mol. The molecule has 1 N–H and O–H groups in total. The first-order valence-electron chi connectivity index (χ1n) is 8.60. The molecule has 0 spiro atoms. The molecule has 0 saturated carbocycles. The molecule has 3 aromatic rings. The molecule has 9 heteroatoms. The van der Waals surface area contributed by atoms with Crippen molar-refractivity contribution in [2.45, 2.75) is 22.8 Å². The van der Waals surface area contributed by atoms with Crippen LogP contribution >= 0.6 is 23.5 Å². The SMILES string of the molecule is CSc1cccc(NC(=O)CSc2ncc(-c3ccccc3)n2CC(F)(F)F)c1. The van der Waals surface area contributed by atoms with Crippen molar-refractivity contribution in [2.75, 3.05) is 17.3 Å². The molecule has 152 valence electrons.